The third-order valence-electron chi connectivity index (χ3n) is 2.22. The summed E-state index contributed by atoms with van der Waals surface area (Å²) in [6, 6.07) is 4.06. The van der Waals surface area contributed by atoms with Crippen molar-refractivity contribution in [2.45, 2.75) is 13.8 Å². The molecule has 13 heavy (non-hydrogen) atoms. The average Bonchev–Trinajstić information content (AvgIpc) is 2.10. The maximum atomic E-state index is 5.78. The van der Waals surface area contributed by atoms with Crippen LogP contribution in [0.4, 0.5) is 11.4 Å². The highest BCUT2D eigenvalue weighted by atomic mass is 79.9. The van der Waals surface area contributed by atoms with E-state index in [9.17, 15) is 0 Å². The van der Waals surface area contributed by atoms with Crippen LogP contribution in [0.5, 0.6) is 0 Å². The van der Waals surface area contributed by atoms with E-state index in [0.717, 1.165) is 22.3 Å². The molecule has 0 atom stereocenters. The number of anilines is 2. The molecule has 0 bridgehead atoms. The van der Waals surface area contributed by atoms with Crippen LogP contribution in [0.2, 0.25) is 0 Å². The van der Waals surface area contributed by atoms with Crippen LogP contribution in [0.25, 0.3) is 0 Å². The highest BCUT2D eigenvalue weighted by Gasteiger charge is 2.06. The molecule has 0 unspecified atom stereocenters. The Morgan fingerprint density at radius 1 is 1.46 bits per heavy atom. The van der Waals surface area contributed by atoms with E-state index >= 15 is 0 Å². The van der Waals surface area contributed by atoms with E-state index in [1.165, 1.54) is 5.69 Å². The number of nitrogen functional groups attached to an aromatic ring is 1. The fraction of sp³-hybridized carbons (Fsp3) is 0.400. The zero-order valence-electron chi connectivity index (χ0n) is 8.26. The van der Waals surface area contributed by atoms with Crippen molar-refractivity contribution in [3.05, 3.63) is 22.2 Å². The van der Waals surface area contributed by atoms with Crippen LogP contribution in [0.3, 0.4) is 0 Å². The monoisotopic (exact) mass is 242 g/mol. The second kappa shape index (κ2) is 4.01. The van der Waals surface area contributed by atoms with Gasteiger partial charge in [-0.3, -0.25) is 0 Å². The summed E-state index contributed by atoms with van der Waals surface area (Å²) in [4.78, 5) is 2.18. The van der Waals surface area contributed by atoms with Crippen molar-refractivity contribution in [1.82, 2.24) is 0 Å². The van der Waals surface area contributed by atoms with Crippen LogP contribution in [0.1, 0.15) is 12.5 Å². The minimum Gasteiger partial charge on any atom is -0.398 e. The molecular formula is C10H15BrN2. The summed E-state index contributed by atoms with van der Waals surface area (Å²) in [6.45, 7) is 5.13. The molecule has 2 nitrogen and oxygen atoms in total. The van der Waals surface area contributed by atoms with E-state index in [4.69, 9.17) is 5.73 Å². The van der Waals surface area contributed by atoms with Crippen molar-refractivity contribution in [1.29, 1.82) is 0 Å². The summed E-state index contributed by atoms with van der Waals surface area (Å²) in [5.74, 6) is 0. The molecule has 1 aromatic carbocycles. The topological polar surface area (TPSA) is 29.3 Å². The summed E-state index contributed by atoms with van der Waals surface area (Å²) in [5.41, 5.74) is 8.93. The van der Waals surface area contributed by atoms with Crippen LogP contribution in [0.15, 0.2) is 16.6 Å². The summed E-state index contributed by atoms with van der Waals surface area (Å²) in [7, 11) is 2.07. The Bertz CT molecular complexity index is 310. The Labute approximate surface area is 87.9 Å². The van der Waals surface area contributed by atoms with Crippen molar-refractivity contribution in [3.63, 3.8) is 0 Å². The first-order chi connectivity index (χ1) is 6.06. The SMILES string of the molecule is CCN(C)c1cc(C)c(N)cc1Br. The van der Waals surface area contributed by atoms with Gasteiger partial charge in [0.1, 0.15) is 0 Å². The molecule has 0 fully saturated rings. The summed E-state index contributed by atoms with van der Waals surface area (Å²) in [6.07, 6.45) is 0. The molecule has 0 saturated carbocycles. The lowest BCUT2D eigenvalue weighted by atomic mass is 10.2. The lowest BCUT2D eigenvalue weighted by molar-refractivity contribution is 0.963. The number of benzene rings is 1. The van der Waals surface area contributed by atoms with Gasteiger partial charge >= 0.3 is 0 Å². The number of hydrogen-bond acceptors (Lipinski definition) is 2. The van der Waals surface area contributed by atoms with E-state index in [1.807, 2.05) is 13.0 Å². The molecule has 0 amide bonds. The normalized spacial score (nSPS) is 10.2. The standard InChI is InChI=1S/C10H15BrN2/c1-4-13(3)10-5-7(2)9(12)6-8(10)11/h5-6H,4,12H2,1-3H3. The van der Waals surface area contributed by atoms with Crippen LogP contribution >= 0.6 is 15.9 Å². The Morgan fingerprint density at radius 2 is 2.08 bits per heavy atom. The first-order valence-electron chi connectivity index (χ1n) is 4.33. The Morgan fingerprint density at radius 3 is 2.62 bits per heavy atom. The predicted molar refractivity (Wildman–Crippen MR) is 62.2 cm³/mol. The van der Waals surface area contributed by atoms with Gasteiger partial charge in [-0.2, -0.15) is 0 Å². The fourth-order valence-corrected chi connectivity index (χ4v) is 1.81. The Balaban J connectivity index is 3.15. The van der Waals surface area contributed by atoms with Gasteiger partial charge in [0.05, 0.1) is 5.69 Å². The summed E-state index contributed by atoms with van der Waals surface area (Å²) >= 11 is 3.50. The molecule has 0 aromatic heterocycles. The minimum atomic E-state index is 0.833. The number of aryl methyl sites for hydroxylation is 1. The van der Waals surface area contributed by atoms with Gasteiger partial charge in [-0.1, -0.05) is 0 Å². The zero-order valence-corrected chi connectivity index (χ0v) is 9.85. The van der Waals surface area contributed by atoms with Gasteiger partial charge in [0.15, 0.2) is 0 Å². The molecule has 72 valence electrons. The largest absolute Gasteiger partial charge is 0.398 e. The highest BCUT2D eigenvalue weighted by Crippen LogP contribution is 2.29. The van der Waals surface area contributed by atoms with Gasteiger partial charge in [0.25, 0.3) is 0 Å². The van der Waals surface area contributed by atoms with Gasteiger partial charge in [-0.05, 0) is 47.5 Å². The molecule has 0 heterocycles. The van der Waals surface area contributed by atoms with Gasteiger partial charge in [-0.15, -0.1) is 0 Å². The first kappa shape index (κ1) is 10.4. The van der Waals surface area contributed by atoms with Gasteiger partial charge < -0.3 is 10.6 Å². The first-order valence-corrected chi connectivity index (χ1v) is 5.12. The van der Waals surface area contributed by atoms with Crippen molar-refractivity contribution >= 4 is 27.3 Å². The molecule has 0 aliphatic rings. The molecule has 0 saturated heterocycles. The second-order valence-corrected chi connectivity index (χ2v) is 4.03. The maximum absolute atomic E-state index is 5.78. The summed E-state index contributed by atoms with van der Waals surface area (Å²) in [5, 5.41) is 0. The minimum absolute atomic E-state index is 0.833. The van der Waals surface area contributed by atoms with Gasteiger partial charge in [-0.25, -0.2) is 0 Å². The molecule has 0 aliphatic carbocycles. The Kier molecular flexibility index (Phi) is 3.20. The van der Waals surface area contributed by atoms with Crippen molar-refractivity contribution in [2.75, 3.05) is 24.2 Å². The van der Waals surface area contributed by atoms with Crippen molar-refractivity contribution in [3.8, 4) is 0 Å². The lowest BCUT2D eigenvalue weighted by Crippen LogP contribution is -2.16. The number of rotatable bonds is 2. The Hall–Kier alpha value is -0.700. The highest BCUT2D eigenvalue weighted by molar-refractivity contribution is 9.10. The van der Waals surface area contributed by atoms with E-state index in [0.29, 0.717) is 0 Å². The number of halogens is 1. The number of hydrogen-bond donors (Lipinski definition) is 1. The smallest absolute Gasteiger partial charge is 0.0512 e. The van der Waals surface area contributed by atoms with Gasteiger partial charge in [0.2, 0.25) is 0 Å². The molecular weight excluding hydrogens is 228 g/mol. The van der Waals surface area contributed by atoms with Crippen LogP contribution < -0.4 is 10.6 Å². The predicted octanol–water partition coefficient (Wildman–Crippen LogP) is 2.80. The van der Waals surface area contributed by atoms with Crippen LogP contribution in [-0.2, 0) is 0 Å². The quantitative estimate of drug-likeness (QED) is 0.809. The number of nitrogens with two attached hydrogens (primary N) is 1. The van der Waals surface area contributed by atoms with Crippen LogP contribution in [0, 0.1) is 6.92 Å². The number of nitrogens with zero attached hydrogens (tertiary/aromatic N) is 1. The van der Waals surface area contributed by atoms with Crippen molar-refractivity contribution in [2.24, 2.45) is 0 Å². The molecule has 1 aromatic rings. The summed E-state index contributed by atoms with van der Waals surface area (Å²) < 4.78 is 1.06. The van der Waals surface area contributed by atoms with E-state index < -0.39 is 0 Å². The van der Waals surface area contributed by atoms with E-state index in [2.05, 4.69) is 40.9 Å². The molecule has 0 radical (unpaired) electrons. The van der Waals surface area contributed by atoms with Crippen molar-refractivity contribution < 1.29 is 0 Å². The van der Waals surface area contributed by atoms with Gasteiger partial charge in [0, 0.05) is 23.8 Å². The average molecular weight is 243 g/mol. The zero-order chi connectivity index (χ0) is 10.0. The molecule has 0 spiro atoms. The third kappa shape index (κ3) is 2.15. The fourth-order valence-electron chi connectivity index (χ4n) is 1.14. The van der Waals surface area contributed by atoms with Crippen LogP contribution in [-0.4, -0.2) is 13.6 Å². The maximum Gasteiger partial charge on any atom is 0.0512 e. The molecule has 2 N–H and O–H groups in total. The van der Waals surface area contributed by atoms with E-state index in [1.54, 1.807) is 0 Å². The third-order valence-corrected chi connectivity index (χ3v) is 2.86. The molecule has 1 rings (SSSR count). The second-order valence-electron chi connectivity index (χ2n) is 3.17. The van der Waals surface area contributed by atoms with E-state index in [-0.39, 0.29) is 0 Å². The molecule has 3 heteroatoms. The lowest BCUT2D eigenvalue weighted by Gasteiger charge is -2.19. The molecule has 0 aliphatic heterocycles.